The van der Waals surface area contributed by atoms with Gasteiger partial charge >= 0.3 is 18.1 Å². The Hall–Kier alpha value is -2.76. The summed E-state index contributed by atoms with van der Waals surface area (Å²) in [6.07, 6.45) is 37.8. The van der Waals surface area contributed by atoms with Crippen molar-refractivity contribution in [1.29, 1.82) is 0 Å². The van der Waals surface area contributed by atoms with Gasteiger partial charge in [0, 0.05) is 107 Å². The molecule has 6 saturated carbocycles. The van der Waals surface area contributed by atoms with Crippen LogP contribution in [0.3, 0.4) is 0 Å². The lowest BCUT2D eigenvalue weighted by atomic mass is 9.81. The van der Waals surface area contributed by atoms with Gasteiger partial charge in [-0.15, -0.1) is 0 Å². The van der Waals surface area contributed by atoms with Gasteiger partial charge in [-0.05, 0) is 214 Å². The Balaban J connectivity index is 0.000000138. The zero-order chi connectivity index (χ0) is 57.5. The lowest BCUT2D eigenvalue weighted by molar-refractivity contribution is -0.123. The van der Waals surface area contributed by atoms with E-state index < -0.39 is 0 Å². The molecule has 6 atom stereocenters. The molecule has 0 unspecified atom stereocenters. The summed E-state index contributed by atoms with van der Waals surface area (Å²) in [7, 11) is 0. The Kier molecular flexibility index (Phi) is 24.7. The van der Waals surface area contributed by atoms with E-state index >= 15 is 0 Å². The maximum atomic E-state index is 12.6. The lowest BCUT2D eigenvalue weighted by Gasteiger charge is -2.50. The molecule has 0 aromatic heterocycles. The number of ether oxygens (including phenoxy) is 3. The summed E-state index contributed by atoms with van der Waals surface area (Å²) in [5, 5.41) is 12.8. The first kappa shape index (κ1) is 63.7. The van der Waals surface area contributed by atoms with Gasteiger partial charge in [-0.3, -0.25) is 4.79 Å². The van der Waals surface area contributed by atoms with Crippen LogP contribution in [0.2, 0.25) is 0 Å². The second-order valence-electron chi connectivity index (χ2n) is 28.3. The fourth-order valence-corrected chi connectivity index (χ4v) is 17.5. The Labute approximate surface area is 496 Å². The second-order valence-corrected chi connectivity index (χ2v) is 28.3. The van der Waals surface area contributed by atoms with Crippen LogP contribution in [0.4, 0.5) is 14.4 Å². The lowest BCUT2D eigenvalue weighted by Crippen LogP contribution is -2.63. The summed E-state index contributed by atoms with van der Waals surface area (Å²) < 4.78 is 17.6. The number of carbonyl (C=O) groups is 4. The zero-order valence-electron chi connectivity index (χ0n) is 52.5. The molecule has 0 spiro atoms. The Morgan fingerprint density at radius 2 is 0.659 bits per heavy atom. The molecule has 6 aliphatic heterocycles. The highest BCUT2D eigenvalue weighted by Gasteiger charge is 2.45. The number of ketones is 1. The number of hydrogen-bond acceptors (Lipinski definition) is 10. The number of carbonyl (C=O) groups excluding carboxylic acids is 4. The second kappa shape index (κ2) is 31.8. The molecule has 468 valence electrons. The van der Waals surface area contributed by atoms with Crippen molar-refractivity contribution in [1.82, 2.24) is 45.8 Å². The Morgan fingerprint density at radius 3 is 0.988 bits per heavy atom. The first-order chi connectivity index (χ1) is 39.8. The van der Waals surface area contributed by atoms with Crippen molar-refractivity contribution in [2.75, 3.05) is 58.9 Å². The quantitative estimate of drug-likeness (QED) is 0.157. The molecule has 0 radical (unpaired) electrons. The Bertz CT molecular complexity index is 1840. The summed E-state index contributed by atoms with van der Waals surface area (Å²) >= 11 is 0. The number of rotatable bonds is 11. The number of fused-ring (bicyclic) bond motifs is 3. The number of hydrogen-bond donors (Lipinski definition) is 4. The van der Waals surface area contributed by atoms with Crippen molar-refractivity contribution in [3.63, 3.8) is 0 Å². The van der Waals surface area contributed by atoms with Gasteiger partial charge in [0.2, 0.25) is 0 Å². The molecule has 0 aromatic rings. The van der Waals surface area contributed by atoms with Crippen LogP contribution in [-0.4, -0.2) is 192 Å². The van der Waals surface area contributed by atoms with Crippen molar-refractivity contribution in [2.45, 2.75) is 319 Å². The van der Waals surface area contributed by atoms with E-state index in [1.807, 2.05) is 13.8 Å². The van der Waals surface area contributed by atoms with Crippen molar-refractivity contribution in [2.24, 2.45) is 17.8 Å². The summed E-state index contributed by atoms with van der Waals surface area (Å²) in [6.45, 7) is 22.1. The van der Waals surface area contributed by atoms with Crippen molar-refractivity contribution < 1.29 is 33.4 Å². The topological polar surface area (TPSA) is 160 Å². The summed E-state index contributed by atoms with van der Waals surface area (Å²) in [4.78, 5) is 60.4. The molecular formula is C66H117N9O7. The first-order valence-electron chi connectivity index (χ1n) is 34.6. The molecule has 82 heavy (non-hydrogen) atoms. The van der Waals surface area contributed by atoms with E-state index in [1.165, 1.54) is 128 Å². The molecule has 0 bridgehead atoms. The maximum Gasteiger partial charge on any atom is 0.317 e. The van der Waals surface area contributed by atoms with Crippen molar-refractivity contribution >= 4 is 23.9 Å². The average Bonchev–Trinajstić information content (AvgIpc) is 3.64. The number of nitrogens with zero attached hydrogens (tertiary/aromatic N) is 5. The minimum atomic E-state index is 0.194. The molecule has 4 N–H and O–H groups in total. The molecule has 6 saturated heterocycles. The third kappa shape index (κ3) is 17.7. The van der Waals surface area contributed by atoms with Gasteiger partial charge in [-0.1, -0.05) is 38.5 Å². The highest BCUT2D eigenvalue weighted by molar-refractivity contribution is 5.79. The van der Waals surface area contributed by atoms with Gasteiger partial charge in [0.1, 0.15) is 5.78 Å². The van der Waals surface area contributed by atoms with Crippen LogP contribution in [0, 0.1) is 17.8 Å². The summed E-state index contributed by atoms with van der Waals surface area (Å²) in [6, 6.07) is 5.00. The normalized spacial score (nSPS) is 34.2. The van der Waals surface area contributed by atoms with Crippen LogP contribution in [0.25, 0.3) is 0 Å². The fraction of sp³-hybridized carbons (Fsp3) is 0.939. The molecule has 12 fully saturated rings. The monoisotopic (exact) mass is 1150 g/mol. The third-order valence-corrected chi connectivity index (χ3v) is 21.6. The van der Waals surface area contributed by atoms with Crippen LogP contribution >= 0.6 is 0 Å². The SMILES string of the molecule is CC(C)OC1CCC(=O)CC1.CC(C)OC1CCC(N2CCC(N3C(=O)NC[C@H]4CCCC[C@@H]43)CC2)CC1.CC(C)OC1CCC(N2CCC(N3C(=O)NC[C@H]4CCCC[C@@H]43)CC2)CC1.O=C1NC[C@H]2CCCC[C@@H]2N1C1CCNCC1. The molecule has 12 rings (SSSR count). The summed E-state index contributed by atoms with van der Waals surface area (Å²) in [5.74, 6) is 2.47. The molecule has 16 nitrogen and oxygen atoms in total. The van der Waals surface area contributed by atoms with E-state index in [1.54, 1.807) is 0 Å². The first-order valence-corrected chi connectivity index (χ1v) is 34.6. The van der Waals surface area contributed by atoms with Crippen LogP contribution in [-0.2, 0) is 19.0 Å². The molecule has 0 aromatic carbocycles. The van der Waals surface area contributed by atoms with Gasteiger partial charge in [0.05, 0.1) is 36.6 Å². The number of piperidine rings is 3. The molecule has 6 heterocycles. The van der Waals surface area contributed by atoms with Crippen LogP contribution in [0.15, 0.2) is 0 Å². The molecule has 16 heteroatoms. The number of amides is 6. The van der Waals surface area contributed by atoms with E-state index in [2.05, 4.69) is 73.5 Å². The van der Waals surface area contributed by atoms with Gasteiger partial charge in [-0.2, -0.15) is 0 Å². The highest BCUT2D eigenvalue weighted by atomic mass is 16.5. The number of nitrogens with one attached hydrogen (secondary N) is 4. The third-order valence-electron chi connectivity index (χ3n) is 21.6. The van der Waals surface area contributed by atoms with Crippen molar-refractivity contribution in [3.8, 4) is 0 Å². The largest absolute Gasteiger partial charge is 0.376 e. The molecular weight excluding hydrogens is 1030 g/mol. The van der Waals surface area contributed by atoms with Gasteiger partial charge in [0.25, 0.3) is 0 Å². The van der Waals surface area contributed by atoms with Crippen LogP contribution in [0.5, 0.6) is 0 Å². The highest BCUT2D eigenvalue weighted by Crippen LogP contribution is 2.39. The smallest absolute Gasteiger partial charge is 0.317 e. The van der Waals surface area contributed by atoms with E-state index in [4.69, 9.17) is 14.2 Å². The molecule has 12 aliphatic rings. The van der Waals surface area contributed by atoms with E-state index in [9.17, 15) is 19.2 Å². The minimum absolute atomic E-state index is 0.194. The van der Waals surface area contributed by atoms with Gasteiger partial charge in [0.15, 0.2) is 0 Å². The molecule has 6 aliphatic carbocycles. The standard InChI is InChI=1S/2C22H39N3O2.C13H23N3O.C9H16O2/c2*1-16(2)27-20-9-7-18(8-10-20)24-13-11-19(12-14-24)25-21-6-4-3-5-17(21)15-23-22(25)26;17-13-15-9-10-3-1-2-4-12(10)16(13)11-5-7-14-8-6-11;1-7(2)11-9-5-3-8(10)4-6-9/h2*16-21H,3-15H2,1-2H3,(H,23,26);10-12,14H,1-9H2,(H,15,17);7,9H,3-6H2,1-2H3/t2*17-,18?,20?,21+;10-,12+;/m111./s1. The van der Waals surface area contributed by atoms with Crippen molar-refractivity contribution in [3.05, 3.63) is 0 Å². The van der Waals surface area contributed by atoms with Crippen LogP contribution < -0.4 is 21.3 Å². The fourth-order valence-electron chi connectivity index (χ4n) is 17.5. The number of Topliss-reactive ketones (excluding diaryl/α,β-unsaturated/α-hetero) is 1. The zero-order valence-corrected chi connectivity index (χ0v) is 52.5. The average molecular weight is 1150 g/mol. The van der Waals surface area contributed by atoms with Crippen LogP contribution in [0.1, 0.15) is 234 Å². The van der Waals surface area contributed by atoms with E-state index in [-0.39, 0.29) is 18.1 Å². The predicted molar refractivity (Wildman–Crippen MR) is 326 cm³/mol. The van der Waals surface area contributed by atoms with E-state index in [0.29, 0.717) is 96.4 Å². The maximum absolute atomic E-state index is 12.6. The van der Waals surface area contributed by atoms with Gasteiger partial charge in [-0.25, -0.2) is 14.4 Å². The van der Waals surface area contributed by atoms with Gasteiger partial charge < -0.3 is 60.0 Å². The Morgan fingerprint density at radius 1 is 0.354 bits per heavy atom. The predicted octanol–water partition coefficient (Wildman–Crippen LogP) is 10.8. The van der Waals surface area contributed by atoms with E-state index in [0.717, 1.165) is 135 Å². The number of likely N-dealkylation sites (tertiary alicyclic amines) is 2. The number of urea groups is 3. The minimum Gasteiger partial charge on any atom is -0.376 e. The molecule has 6 amide bonds. The summed E-state index contributed by atoms with van der Waals surface area (Å²) in [5.41, 5.74) is 0.